The first-order valence-corrected chi connectivity index (χ1v) is 9.39. The third-order valence-corrected chi connectivity index (χ3v) is 5.80. The average Bonchev–Trinajstić information content (AvgIpc) is 3.02. The fourth-order valence-electron chi connectivity index (χ4n) is 4.30. The van der Waals surface area contributed by atoms with Crippen LogP contribution in [0.15, 0.2) is 48.5 Å². The molecule has 0 aliphatic heterocycles. The van der Waals surface area contributed by atoms with Crippen molar-refractivity contribution in [2.24, 2.45) is 5.92 Å². The summed E-state index contributed by atoms with van der Waals surface area (Å²) >= 11 is 0. The van der Waals surface area contributed by atoms with Crippen LogP contribution < -0.4 is 5.32 Å². The Morgan fingerprint density at radius 3 is 2.10 bits per heavy atom. The number of fused-ring (bicyclic) bond motifs is 3. The van der Waals surface area contributed by atoms with Crippen molar-refractivity contribution < 1.29 is 29.0 Å². The third kappa shape index (κ3) is 3.22. The molecule has 0 unspecified atom stereocenters. The van der Waals surface area contributed by atoms with Crippen molar-refractivity contribution >= 4 is 18.0 Å². The molecule has 4 rings (SSSR count). The Hall–Kier alpha value is -3.35. The lowest BCUT2D eigenvalue weighted by atomic mass is 9.68. The molecule has 2 aliphatic carbocycles. The van der Waals surface area contributed by atoms with Gasteiger partial charge in [0.05, 0.1) is 13.0 Å². The van der Waals surface area contributed by atoms with E-state index in [0.29, 0.717) is 0 Å². The van der Waals surface area contributed by atoms with E-state index < -0.39 is 29.5 Å². The van der Waals surface area contributed by atoms with Crippen molar-refractivity contribution in [1.82, 2.24) is 5.32 Å². The summed E-state index contributed by atoms with van der Waals surface area (Å²) in [5, 5.41) is 11.6. The number of carboxylic acid groups (broad SMARTS) is 1. The van der Waals surface area contributed by atoms with Crippen LogP contribution >= 0.6 is 0 Å². The average molecular weight is 395 g/mol. The Kier molecular flexibility index (Phi) is 4.74. The molecule has 7 heteroatoms. The van der Waals surface area contributed by atoms with Crippen LogP contribution in [0.5, 0.6) is 0 Å². The van der Waals surface area contributed by atoms with Crippen LogP contribution in [-0.2, 0) is 19.1 Å². The van der Waals surface area contributed by atoms with Crippen LogP contribution in [0.4, 0.5) is 4.79 Å². The molecule has 0 radical (unpaired) electrons. The molecule has 0 spiro atoms. The number of amides is 1. The van der Waals surface area contributed by atoms with Gasteiger partial charge in [-0.1, -0.05) is 48.5 Å². The second-order valence-corrected chi connectivity index (χ2v) is 7.47. The number of hydrogen-bond donors (Lipinski definition) is 2. The molecule has 7 nitrogen and oxygen atoms in total. The second kappa shape index (κ2) is 7.24. The van der Waals surface area contributed by atoms with Gasteiger partial charge in [0.25, 0.3) is 0 Å². The lowest BCUT2D eigenvalue weighted by Gasteiger charge is -2.43. The van der Waals surface area contributed by atoms with Crippen LogP contribution in [0.2, 0.25) is 0 Å². The van der Waals surface area contributed by atoms with Gasteiger partial charge < -0.3 is 19.9 Å². The molecule has 1 amide bonds. The lowest BCUT2D eigenvalue weighted by Crippen LogP contribution is -2.64. The van der Waals surface area contributed by atoms with Gasteiger partial charge in [0.15, 0.2) is 0 Å². The predicted molar refractivity (Wildman–Crippen MR) is 103 cm³/mol. The molecule has 150 valence electrons. The smallest absolute Gasteiger partial charge is 0.408 e. The number of benzene rings is 2. The highest BCUT2D eigenvalue weighted by atomic mass is 16.6. The molecule has 0 heterocycles. The van der Waals surface area contributed by atoms with Crippen LogP contribution in [0.3, 0.4) is 0 Å². The minimum absolute atomic E-state index is 0.0147. The van der Waals surface area contributed by atoms with Crippen molar-refractivity contribution in [3.63, 3.8) is 0 Å². The minimum Gasteiger partial charge on any atom is -0.481 e. The van der Waals surface area contributed by atoms with Gasteiger partial charge in [-0.05, 0) is 35.1 Å². The molecule has 2 aromatic carbocycles. The number of carbonyl (C=O) groups excluding carboxylic acids is 2. The highest BCUT2D eigenvalue weighted by Gasteiger charge is 2.55. The SMILES string of the molecule is COC(=O)C1(NC(=O)OCC2c3ccccc3-c3ccccc32)CC(C(=O)O)C1. The Morgan fingerprint density at radius 2 is 1.59 bits per heavy atom. The first-order valence-electron chi connectivity index (χ1n) is 9.39. The van der Waals surface area contributed by atoms with E-state index in [2.05, 4.69) is 5.32 Å². The number of alkyl carbamates (subject to hydrolysis) is 1. The van der Waals surface area contributed by atoms with E-state index in [9.17, 15) is 14.4 Å². The maximum Gasteiger partial charge on any atom is 0.408 e. The lowest BCUT2D eigenvalue weighted by molar-refractivity contribution is -0.161. The molecule has 1 saturated carbocycles. The number of methoxy groups -OCH3 is 1. The molecule has 29 heavy (non-hydrogen) atoms. The van der Waals surface area contributed by atoms with E-state index in [1.54, 1.807) is 0 Å². The number of rotatable bonds is 5. The van der Waals surface area contributed by atoms with Gasteiger partial charge in [-0.2, -0.15) is 0 Å². The summed E-state index contributed by atoms with van der Waals surface area (Å²) in [4.78, 5) is 35.7. The van der Waals surface area contributed by atoms with E-state index in [-0.39, 0.29) is 25.4 Å². The molecule has 1 fully saturated rings. The zero-order chi connectivity index (χ0) is 20.6. The van der Waals surface area contributed by atoms with Crippen LogP contribution in [0.25, 0.3) is 11.1 Å². The van der Waals surface area contributed by atoms with Gasteiger partial charge in [-0.15, -0.1) is 0 Å². The molecular formula is C22H21NO6. The van der Waals surface area contributed by atoms with Gasteiger partial charge in [0, 0.05) is 5.92 Å². The van der Waals surface area contributed by atoms with Gasteiger partial charge in [0.2, 0.25) is 0 Å². The monoisotopic (exact) mass is 395 g/mol. The summed E-state index contributed by atoms with van der Waals surface area (Å²) < 4.78 is 10.2. The van der Waals surface area contributed by atoms with Crippen molar-refractivity contribution in [3.8, 4) is 11.1 Å². The van der Waals surface area contributed by atoms with E-state index in [4.69, 9.17) is 14.6 Å². The van der Waals surface area contributed by atoms with E-state index in [1.165, 1.54) is 7.11 Å². The summed E-state index contributed by atoms with van der Waals surface area (Å²) in [6, 6.07) is 16.0. The van der Waals surface area contributed by atoms with E-state index >= 15 is 0 Å². The molecule has 0 bridgehead atoms. The normalized spacial score (nSPS) is 22.0. The van der Waals surface area contributed by atoms with Crippen molar-refractivity contribution in [2.45, 2.75) is 24.3 Å². The Balaban J connectivity index is 1.46. The molecular weight excluding hydrogens is 374 g/mol. The topological polar surface area (TPSA) is 102 Å². The van der Waals surface area contributed by atoms with Crippen molar-refractivity contribution in [2.75, 3.05) is 13.7 Å². The highest BCUT2D eigenvalue weighted by Crippen LogP contribution is 2.44. The molecule has 2 aromatic rings. The van der Waals surface area contributed by atoms with Crippen LogP contribution in [-0.4, -0.2) is 42.4 Å². The van der Waals surface area contributed by atoms with E-state index in [0.717, 1.165) is 22.3 Å². The molecule has 2 N–H and O–H groups in total. The first-order chi connectivity index (χ1) is 13.9. The number of nitrogens with one attached hydrogen (secondary N) is 1. The summed E-state index contributed by atoms with van der Waals surface area (Å²) in [7, 11) is 1.21. The Morgan fingerprint density at radius 1 is 1.03 bits per heavy atom. The van der Waals surface area contributed by atoms with E-state index in [1.807, 2.05) is 48.5 Å². The number of hydrogen-bond acceptors (Lipinski definition) is 5. The maximum atomic E-state index is 12.4. The van der Waals surface area contributed by atoms with Gasteiger partial charge in [-0.25, -0.2) is 9.59 Å². The fraction of sp³-hybridized carbons (Fsp3) is 0.318. The standard InChI is InChI=1S/C22H21NO6/c1-28-20(26)22(10-13(11-22)19(24)25)23-21(27)29-12-18-16-8-4-2-6-14(16)15-7-3-5-9-17(15)18/h2-9,13,18H,10-12H2,1H3,(H,23,27)(H,24,25). The maximum absolute atomic E-state index is 12.4. The molecule has 0 aromatic heterocycles. The summed E-state index contributed by atoms with van der Waals surface area (Å²) in [6.45, 7) is 0.111. The minimum atomic E-state index is -1.35. The Bertz CT molecular complexity index is 933. The number of esters is 1. The second-order valence-electron chi connectivity index (χ2n) is 7.47. The number of carbonyl (C=O) groups is 3. The summed E-state index contributed by atoms with van der Waals surface area (Å²) in [6.07, 6.45) is -0.792. The first kappa shape index (κ1) is 19.0. The largest absolute Gasteiger partial charge is 0.481 e. The zero-order valence-corrected chi connectivity index (χ0v) is 15.9. The summed E-state index contributed by atoms with van der Waals surface area (Å²) in [5.41, 5.74) is 3.05. The number of carboxylic acids is 1. The highest BCUT2D eigenvalue weighted by molar-refractivity contribution is 5.89. The van der Waals surface area contributed by atoms with Gasteiger partial charge in [-0.3, -0.25) is 4.79 Å². The van der Waals surface area contributed by atoms with Crippen molar-refractivity contribution in [3.05, 3.63) is 59.7 Å². The Labute approximate surface area is 167 Å². The predicted octanol–water partition coefficient (Wildman–Crippen LogP) is 2.93. The zero-order valence-electron chi connectivity index (χ0n) is 15.9. The fourth-order valence-corrected chi connectivity index (χ4v) is 4.30. The summed E-state index contributed by atoms with van der Waals surface area (Å²) in [5.74, 6) is -2.46. The van der Waals surface area contributed by atoms with Crippen LogP contribution in [0, 0.1) is 5.92 Å². The van der Waals surface area contributed by atoms with Gasteiger partial charge >= 0.3 is 18.0 Å². The number of aliphatic carboxylic acids is 1. The van der Waals surface area contributed by atoms with Crippen molar-refractivity contribution in [1.29, 1.82) is 0 Å². The molecule has 0 atom stereocenters. The quantitative estimate of drug-likeness (QED) is 0.755. The third-order valence-electron chi connectivity index (χ3n) is 5.80. The molecule has 0 saturated heterocycles. The molecule has 2 aliphatic rings. The van der Waals surface area contributed by atoms with Gasteiger partial charge in [0.1, 0.15) is 12.1 Å². The van der Waals surface area contributed by atoms with Crippen LogP contribution in [0.1, 0.15) is 29.9 Å². The number of ether oxygens (including phenoxy) is 2.